The molecule has 0 spiro atoms. The number of rotatable bonds is 11. The van der Waals surface area contributed by atoms with Crippen molar-refractivity contribution in [2.75, 3.05) is 16.0 Å². The van der Waals surface area contributed by atoms with Gasteiger partial charge in [-0.1, -0.05) is 36.4 Å². The molecule has 0 unspecified atom stereocenters. The molecule has 0 saturated carbocycles. The topological polar surface area (TPSA) is 142 Å². The quantitative estimate of drug-likeness (QED) is 0.136. The summed E-state index contributed by atoms with van der Waals surface area (Å²) < 4.78 is 1.62. The third kappa shape index (κ3) is 6.70. The van der Waals surface area contributed by atoms with Crippen molar-refractivity contribution in [2.24, 2.45) is 0 Å². The first-order valence-corrected chi connectivity index (χ1v) is 14.0. The van der Waals surface area contributed by atoms with Crippen molar-refractivity contribution >= 4 is 46.2 Å². The Morgan fingerprint density at radius 1 is 0.977 bits per heavy atom. The Morgan fingerprint density at radius 3 is 2.49 bits per heavy atom. The standard InChI is InChI=1S/C33H31N5O5/c1-3-38-29(16-20(2)37-38)33(43)35-25-8-5-7-22(17-25)31(41)23-12-15-26-27(32(42)36-28(26)18-23)19-34-24-13-10-21(11-14-24)6-4-9-30(39)40/h5,7-8,10-19,34H,3-4,6,9H2,1-2H3,(H,35,43)(H,36,42)(H,39,40). The molecule has 0 atom stereocenters. The number of nitrogens with one attached hydrogen (secondary N) is 3. The maximum atomic E-state index is 13.4. The number of aromatic nitrogens is 2. The second kappa shape index (κ2) is 12.6. The van der Waals surface area contributed by atoms with Gasteiger partial charge in [-0.3, -0.25) is 23.9 Å². The molecule has 10 nitrogen and oxygen atoms in total. The van der Waals surface area contributed by atoms with E-state index in [1.807, 2.05) is 38.1 Å². The van der Waals surface area contributed by atoms with Crippen molar-refractivity contribution in [1.29, 1.82) is 0 Å². The number of ketones is 1. The first kappa shape index (κ1) is 29.0. The van der Waals surface area contributed by atoms with Gasteiger partial charge in [-0.2, -0.15) is 5.10 Å². The van der Waals surface area contributed by atoms with Crippen molar-refractivity contribution in [1.82, 2.24) is 9.78 Å². The Kier molecular flexibility index (Phi) is 8.47. The molecule has 43 heavy (non-hydrogen) atoms. The highest BCUT2D eigenvalue weighted by Gasteiger charge is 2.25. The number of hydrogen-bond acceptors (Lipinski definition) is 6. The highest BCUT2D eigenvalue weighted by molar-refractivity contribution is 6.32. The number of fused-ring (bicyclic) bond motifs is 1. The van der Waals surface area contributed by atoms with Gasteiger partial charge in [0.05, 0.1) is 11.3 Å². The lowest BCUT2D eigenvalue weighted by Gasteiger charge is -2.09. The first-order valence-electron chi connectivity index (χ1n) is 14.0. The fourth-order valence-electron chi connectivity index (χ4n) is 4.92. The number of nitrogens with zero attached hydrogens (tertiary/aromatic N) is 2. The second-order valence-electron chi connectivity index (χ2n) is 10.2. The van der Waals surface area contributed by atoms with E-state index in [1.165, 1.54) is 0 Å². The summed E-state index contributed by atoms with van der Waals surface area (Å²) >= 11 is 0. The van der Waals surface area contributed by atoms with Crippen molar-refractivity contribution in [3.8, 4) is 0 Å². The second-order valence-corrected chi connectivity index (χ2v) is 10.2. The van der Waals surface area contributed by atoms with Gasteiger partial charge in [-0.25, -0.2) is 0 Å². The van der Waals surface area contributed by atoms with Crippen LogP contribution in [0.15, 0.2) is 79.0 Å². The smallest absolute Gasteiger partial charge is 0.303 e. The van der Waals surface area contributed by atoms with Gasteiger partial charge in [-0.15, -0.1) is 0 Å². The lowest BCUT2D eigenvalue weighted by Crippen LogP contribution is -2.17. The Bertz CT molecular complexity index is 1750. The molecule has 0 aliphatic carbocycles. The minimum Gasteiger partial charge on any atom is -0.481 e. The number of benzene rings is 3. The average molecular weight is 578 g/mol. The molecule has 0 fully saturated rings. The van der Waals surface area contributed by atoms with Crippen LogP contribution in [0.2, 0.25) is 0 Å². The molecule has 0 radical (unpaired) electrons. The van der Waals surface area contributed by atoms with Crippen LogP contribution in [0, 0.1) is 6.92 Å². The Balaban J connectivity index is 1.27. The van der Waals surface area contributed by atoms with Crippen molar-refractivity contribution < 1.29 is 24.3 Å². The zero-order valence-corrected chi connectivity index (χ0v) is 23.8. The van der Waals surface area contributed by atoms with Crippen molar-refractivity contribution in [2.45, 2.75) is 39.7 Å². The SMILES string of the molecule is CCn1nc(C)cc1C(=O)Nc1cccc(C(=O)c2ccc3c(c2)NC(=O)C3=CNc2ccc(CCCC(=O)O)cc2)c1. The number of amides is 2. The lowest BCUT2D eigenvalue weighted by molar-refractivity contribution is -0.137. The fraction of sp³-hybridized carbons (Fsp3) is 0.182. The van der Waals surface area contributed by atoms with Gasteiger partial charge in [0.15, 0.2) is 5.78 Å². The average Bonchev–Trinajstić information content (AvgIpc) is 3.54. The van der Waals surface area contributed by atoms with Gasteiger partial charge in [0.2, 0.25) is 0 Å². The molecule has 1 aliphatic rings. The normalized spacial score (nSPS) is 13.0. The van der Waals surface area contributed by atoms with Crippen molar-refractivity contribution in [3.05, 3.63) is 113 Å². The van der Waals surface area contributed by atoms with Crippen LogP contribution >= 0.6 is 0 Å². The molecule has 4 aromatic rings. The van der Waals surface area contributed by atoms with Gasteiger partial charge < -0.3 is 21.1 Å². The third-order valence-electron chi connectivity index (χ3n) is 7.07. The summed E-state index contributed by atoms with van der Waals surface area (Å²) in [6.45, 7) is 4.29. The molecule has 218 valence electrons. The molecule has 2 amide bonds. The van der Waals surface area contributed by atoms with Gasteiger partial charge in [0.25, 0.3) is 11.8 Å². The summed E-state index contributed by atoms with van der Waals surface area (Å²) in [5, 5.41) is 21.9. The molecule has 3 aromatic carbocycles. The summed E-state index contributed by atoms with van der Waals surface area (Å²) in [5.41, 5.74) is 5.91. The maximum Gasteiger partial charge on any atom is 0.303 e. The third-order valence-corrected chi connectivity index (χ3v) is 7.07. The van der Waals surface area contributed by atoms with E-state index in [1.54, 1.807) is 59.4 Å². The summed E-state index contributed by atoms with van der Waals surface area (Å²) in [4.78, 5) is 49.7. The molecular formula is C33H31N5O5. The van der Waals surface area contributed by atoms with Crippen molar-refractivity contribution in [3.63, 3.8) is 0 Å². The number of carbonyl (C=O) groups is 4. The first-order chi connectivity index (χ1) is 20.7. The van der Waals surface area contributed by atoms with Crippen LogP contribution in [0.4, 0.5) is 17.1 Å². The highest BCUT2D eigenvalue weighted by Crippen LogP contribution is 2.33. The zero-order chi connectivity index (χ0) is 30.5. The molecule has 1 aliphatic heterocycles. The van der Waals surface area contributed by atoms with Gasteiger partial charge in [0.1, 0.15) is 5.69 Å². The van der Waals surface area contributed by atoms with E-state index in [9.17, 15) is 19.2 Å². The molecule has 5 rings (SSSR count). The minimum absolute atomic E-state index is 0.130. The number of hydrogen-bond donors (Lipinski definition) is 4. The molecule has 0 bridgehead atoms. The minimum atomic E-state index is -0.807. The molecule has 2 heterocycles. The summed E-state index contributed by atoms with van der Waals surface area (Å²) in [7, 11) is 0. The predicted octanol–water partition coefficient (Wildman–Crippen LogP) is 5.51. The molecular weight excluding hydrogens is 546 g/mol. The monoisotopic (exact) mass is 577 g/mol. The van der Waals surface area contributed by atoms with Crippen LogP contribution < -0.4 is 16.0 Å². The summed E-state index contributed by atoms with van der Waals surface area (Å²) in [6, 6.07) is 21.1. The Hall–Kier alpha value is -5.51. The van der Waals surface area contributed by atoms with E-state index in [4.69, 9.17) is 5.11 Å². The van der Waals surface area contributed by atoms with E-state index in [0.29, 0.717) is 58.7 Å². The molecule has 4 N–H and O–H groups in total. The van der Waals surface area contributed by atoms with E-state index >= 15 is 0 Å². The van der Waals surface area contributed by atoms with Gasteiger partial charge in [-0.05, 0) is 68.7 Å². The van der Waals surface area contributed by atoms with E-state index in [2.05, 4.69) is 21.0 Å². The van der Waals surface area contributed by atoms with E-state index in [-0.39, 0.29) is 24.0 Å². The summed E-state index contributed by atoms with van der Waals surface area (Å²) in [5.74, 6) is -1.66. The number of aliphatic carboxylic acids is 1. The Morgan fingerprint density at radius 2 is 1.74 bits per heavy atom. The molecule has 0 saturated heterocycles. The number of carboxylic acids is 1. The van der Waals surface area contributed by atoms with Crippen LogP contribution in [-0.2, 0) is 22.6 Å². The highest BCUT2D eigenvalue weighted by atomic mass is 16.4. The zero-order valence-electron chi connectivity index (χ0n) is 23.8. The summed E-state index contributed by atoms with van der Waals surface area (Å²) in [6.07, 6.45) is 3.00. The van der Waals surface area contributed by atoms with Crippen LogP contribution in [0.3, 0.4) is 0 Å². The fourth-order valence-corrected chi connectivity index (χ4v) is 4.92. The van der Waals surface area contributed by atoms with Gasteiger partial charge >= 0.3 is 5.97 Å². The van der Waals surface area contributed by atoms with Crippen LogP contribution in [-0.4, -0.2) is 38.5 Å². The number of aryl methyl sites for hydroxylation is 3. The van der Waals surface area contributed by atoms with Crippen LogP contribution in [0.5, 0.6) is 0 Å². The predicted molar refractivity (Wildman–Crippen MR) is 164 cm³/mol. The Labute approximate surface area is 248 Å². The maximum absolute atomic E-state index is 13.4. The number of carboxylic acid groups (broad SMARTS) is 1. The van der Waals surface area contributed by atoms with Gasteiger partial charge in [0, 0.05) is 52.9 Å². The molecule has 10 heteroatoms. The number of anilines is 3. The van der Waals surface area contributed by atoms with Crippen LogP contribution in [0.1, 0.15) is 63.0 Å². The lowest BCUT2D eigenvalue weighted by atomic mass is 9.99. The van der Waals surface area contributed by atoms with E-state index in [0.717, 1.165) is 16.9 Å². The van der Waals surface area contributed by atoms with Crippen LogP contribution in [0.25, 0.3) is 5.57 Å². The number of carbonyl (C=O) groups excluding carboxylic acids is 3. The van der Waals surface area contributed by atoms with E-state index < -0.39 is 5.97 Å². The molecule has 1 aromatic heterocycles. The largest absolute Gasteiger partial charge is 0.481 e.